The molecule has 0 amide bonds. The van der Waals surface area contributed by atoms with Gasteiger partial charge in [0.25, 0.3) is 0 Å². The van der Waals surface area contributed by atoms with Gasteiger partial charge in [0.1, 0.15) is 0 Å². The number of nitrogen functional groups attached to an aromatic ring is 1. The molecule has 0 saturated heterocycles. The van der Waals surface area contributed by atoms with E-state index in [0.717, 1.165) is 16.7 Å². The van der Waals surface area contributed by atoms with Crippen LogP contribution >= 0.6 is 0 Å². The molecule has 3 aromatic rings. The van der Waals surface area contributed by atoms with Gasteiger partial charge in [0.05, 0.1) is 12.5 Å². The number of benzene rings is 1. The topological polar surface area (TPSA) is 78.1 Å². The zero-order valence-electron chi connectivity index (χ0n) is 8.83. The number of aromatic nitrogens is 2. The van der Waals surface area contributed by atoms with Crippen LogP contribution in [0.2, 0.25) is 0 Å². The van der Waals surface area contributed by atoms with E-state index in [9.17, 15) is 0 Å². The van der Waals surface area contributed by atoms with Crippen LogP contribution in [0.25, 0.3) is 22.6 Å². The maximum atomic E-state index is 5.39. The van der Waals surface area contributed by atoms with Gasteiger partial charge >= 0.3 is 6.01 Å². The molecular formula is C12H9N3O2. The fraction of sp³-hybridized carbons (Fsp3) is 0. The highest BCUT2D eigenvalue weighted by Gasteiger charge is 2.07. The molecule has 0 fully saturated rings. The van der Waals surface area contributed by atoms with Crippen LogP contribution in [0, 0.1) is 0 Å². The predicted octanol–water partition coefficient (Wildman–Crippen LogP) is 2.58. The van der Waals surface area contributed by atoms with Gasteiger partial charge in [-0.3, -0.25) is 0 Å². The molecule has 0 unspecified atom stereocenters. The number of hydrogen-bond donors (Lipinski definition) is 1. The molecular weight excluding hydrogens is 218 g/mol. The van der Waals surface area contributed by atoms with Crippen molar-refractivity contribution in [1.82, 2.24) is 10.2 Å². The van der Waals surface area contributed by atoms with Gasteiger partial charge in [-0.05, 0) is 23.8 Å². The summed E-state index contributed by atoms with van der Waals surface area (Å²) in [4.78, 5) is 0. The lowest BCUT2D eigenvalue weighted by atomic mass is 10.1. The molecule has 0 aliphatic rings. The third-order valence-electron chi connectivity index (χ3n) is 2.40. The summed E-state index contributed by atoms with van der Waals surface area (Å²) < 4.78 is 10.2. The summed E-state index contributed by atoms with van der Waals surface area (Å²) in [6.45, 7) is 0. The number of anilines is 1. The van der Waals surface area contributed by atoms with Crippen LogP contribution in [-0.2, 0) is 0 Å². The van der Waals surface area contributed by atoms with E-state index in [1.54, 1.807) is 12.5 Å². The van der Waals surface area contributed by atoms with Crippen molar-refractivity contribution in [1.29, 1.82) is 0 Å². The van der Waals surface area contributed by atoms with Crippen LogP contribution < -0.4 is 5.73 Å². The first kappa shape index (κ1) is 9.65. The van der Waals surface area contributed by atoms with E-state index in [1.807, 2.05) is 30.3 Å². The Morgan fingerprint density at radius 1 is 1.00 bits per heavy atom. The molecule has 5 nitrogen and oxygen atoms in total. The molecule has 17 heavy (non-hydrogen) atoms. The first-order valence-electron chi connectivity index (χ1n) is 5.05. The highest BCUT2D eigenvalue weighted by molar-refractivity contribution is 5.68. The second kappa shape index (κ2) is 3.79. The van der Waals surface area contributed by atoms with Gasteiger partial charge in [-0.2, -0.15) is 0 Å². The number of rotatable bonds is 2. The Morgan fingerprint density at radius 2 is 1.88 bits per heavy atom. The Labute approximate surface area is 96.9 Å². The van der Waals surface area contributed by atoms with Crippen molar-refractivity contribution < 1.29 is 8.83 Å². The molecule has 0 saturated carbocycles. The molecule has 0 aliphatic heterocycles. The second-order valence-electron chi connectivity index (χ2n) is 3.54. The van der Waals surface area contributed by atoms with E-state index in [4.69, 9.17) is 14.6 Å². The predicted molar refractivity (Wildman–Crippen MR) is 61.8 cm³/mol. The van der Waals surface area contributed by atoms with E-state index in [-0.39, 0.29) is 6.01 Å². The summed E-state index contributed by atoms with van der Waals surface area (Å²) in [5, 5.41) is 7.47. The van der Waals surface area contributed by atoms with Crippen molar-refractivity contribution in [3.8, 4) is 22.6 Å². The van der Waals surface area contributed by atoms with Gasteiger partial charge in [0, 0.05) is 11.1 Å². The van der Waals surface area contributed by atoms with Crippen LogP contribution in [0.3, 0.4) is 0 Å². The molecule has 5 heteroatoms. The lowest BCUT2D eigenvalue weighted by molar-refractivity contribution is 0.568. The molecule has 2 N–H and O–H groups in total. The Balaban J connectivity index is 2.05. The number of hydrogen-bond acceptors (Lipinski definition) is 5. The average Bonchev–Trinajstić information content (AvgIpc) is 3.00. The van der Waals surface area contributed by atoms with Crippen molar-refractivity contribution in [2.75, 3.05) is 5.73 Å². The standard InChI is InChI=1S/C12H9N3O2/c13-12-15-14-11(17-12)9-3-1-2-8(6-9)10-4-5-16-7-10/h1-7H,(H2,13,15). The molecule has 84 valence electrons. The van der Waals surface area contributed by atoms with Crippen molar-refractivity contribution >= 4 is 6.01 Å². The monoisotopic (exact) mass is 227 g/mol. The highest BCUT2D eigenvalue weighted by Crippen LogP contribution is 2.26. The normalized spacial score (nSPS) is 10.6. The van der Waals surface area contributed by atoms with Gasteiger partial charge < -0.3 is 14.6 Å². The van der Waals surface area contributed by atoms with Crippen LogP contribution in [0.4, 0.5) is 6.01 Å². The van der Waals surface area contributed by atoms with Gasteiger partial charge in [-0.25, -0.2) is 0 Å². The van der Waals surface area contributed by atoms with Crippen LogP contribution in [0.5, 0.6) is 0 Å². The summed E-state index contributed by atoms with van der Waals surface area (Å²) in [6, 6.07) is 9.68. The average molecular weight is 227 g/mol. The number of furan rings is 1. The number of nitrogens with two attached hydrogens (primary N) is 1. The van der Waals surface area contributed by atoms with Gasteiger partial charge in [0.15, 0.2) is 0 Å². The maximum Gasteiger partial charge on any atom is 0.313 e. The second-order valence-corrected chi connectivity index (χ2v) is 3.54. The van der Waals surface area contributed by atoms with Crippen molar-refractivity contribution in [2.45, 2.75) is 0 Å². The van der Waals surface area contributed by atoms with Gasteiger partial charge in [-0.1, -0.05) is 17.2 Å². The van der Waals surface area contributed by atoms with E-state index >= 15 is 0 Å². The van der Waals surface area contributed by atoms with Crippen LogP contribution in [0.15, 0.2) is 51.7 Å². The van der Waals surface area contributed by atoms with E-state index in [2.05, 4.69) is 10.2 Å². The first-order valence-corrected chi connectivity index (χ1v) is 5.05. The summed E-state index contributed by atoms with van der Waals surface area (Å²) >= 11 is 0. The fourth-order valence-electron chi connectivity index (χ4n) is 1.61. The Kier molecular flexibility index (Phi) is 2.15. The smallest absolute Gasteiger partial charge is 0.313 e. The third kappa shape index (κ3) is 1.78. The summed E-state index contributed by atoms with van der Waals surface area (Å²) in [6.07, 6.45) is 3.31. The summed E-state index contributed by atoms with van der Waals surface area (Å²) in [7, 11) is 0. The van der Waals surface area contributed by atoms with Gasteiger partial charge in [-0.15, -0.1) is 5.10 Å². The molecule has 0 aliphatic carbocycles. The van der Waals surface area contributed by atoms with Crippen molar-refractivity contribution in [3.63, 3.8) is 0 Å². The Morgan fingerprint density at radius 3 is 2.59 bits per heavy atom. The maximum absolute atomic E-state index is 5.39. The van der Waals surface area contributed by atoms with Crippen LogP contribution in [-0.4, -0.2) is 10.2 Å². The van der Waals surface area contributed by atoms with E-state index in [0.29, 0.717) is 5.89 Å². The quantitative estimate of drug-likeness (QED) is 0.727. The molecule has 3 rings (SSSR count). The SMILES string of the molecule is Nc1nnc(-c2cccc(-c3ccoc3)c2)o1. The van der Waals surface area contributed by atoms with Gasteiger partial charge in [0.2, 0.25) is 5.89 Å². The molecule has 0 bridgehead atoms. The number of nitrogens with zero attached hydrogens (tertiary/aromatic N) is 2. The minimum absolute atomic E-state index is 0.0636. The molecule has 0 spiro atoms. The minimum atomic E-state index is 0.0636. The molecule has 0 radical (unpaired) electrons. The summed E-state index contributed by atoms with van der Waals surface area (Å²) in [5.41, 5.74) is 8.24. The minimum Gasteiger partial charge on any atom is -0.472 e. The highest BCUT2D eigenvalue weighted by atomic mass is 16.4. The summed E-state index contributed by atoms with van der Waals surface area (Å²) in [5.74, 6) is 0.410. The molecule has 2 heterocycles. The Hall–Kier alpha value is -2.56. The lowest BCUT2D eigenvalue weighted by Gasteiger charge is -1.99. The first-order chi connectivity index (χ1) is 8.33. The van der Waals surface area contributed by atoms with Crippen molar-refractivity contribution in [2.24, 2.45) is 0 Å². The fourth-order valence-corrected chi connectivity index (χ4v) is 1.61. The Bertz CT molecular complexity index is 629. The zero-order chi connectivity index (χ0) is 11.7. The van der Waals surface area contributed by atoms with E-state index in [1.165, 1.54) is 0 Å². The van der Waals surface area contributed by atoms with E-state index < -0.39 is 0 Å². The molecule has 1 aromatic carbocycles. The van der Waals surface area contributed by atoms with Crippen LogP contribution in [0.1, 0.15) is 0 Å². The molecule has 2 aromatic heterocycles. The molecule has 0 atom stereocenters. The zero-order valence-corrected chi connectivity index (χ0v) is 8.83. The lowest BCUT2D eigenvalue weighted by Crippen LogP contribution is -1.81. The largest absolute Gasteiger partial charge is 0.472 e. The third-order valence-corrected chi connectivity index (χ3v) is 2.40. The van der Waals surface area contributed by atoms with Crippen molar-refractivity contribution in [3.05, 3.63) is 42.9 Å².